The summed E-state index contributed by atoms with van der Waals surface area (Å²) in [5, 5.41) is 0. The highest BCUT2D eigenvalue weighted by atomic mass is 16.5. The smallest absolute Gasteiger partial charge is 0.329 e. The van der Waals surface area contributed by atoms with Crippen LogP contribution in [0.25, 0.3) is 11.0 Å². The van der Waals surface area contributed by atoms with Gasteiger partial charge in [0.25, 0.3) is 0 Å². The van der Waals surface area contributed by atoms with E-state index in [9.17, 15) is 9.59 Å². The first-order valence-electron chi connectivity index (χ1n) is 10.9. The van der Waals surface area contributed by atoms with Gasteiger partial charge >= 0.3 is 5.69 Å². The van der Waals surface area contributed by atoms with E-state index in [1.54, 1.807) is 9.13 Å². The third-order valence-electron chi connectivity index (χ3n) is 6.38. The summed E-state index contributed by atoms with van der Waals surface area (Å²) in [6.07, 6.45) is 2.52. The summed E-state index contributed by atoms with van der Waals surface area (Å²) in [5.74, 6) is 0.831. The van der Waals surface area contributed by atoms with Crippen molar-refractivity contribution in [3.63, 3.8) is 0 Å². The van der Waals surface area contributed by atoms with Crippen LogP contribution in [0.5, 0.6) is 0 Å². The van der Waals surface area contributed by atoms with Crippen molar-refractivity contribution < 1.29 is 9.53 Å². The Bertz CT molecular complexity index is 889. The normalized spacial score (nSPS) is 19.1. The molecule has 0 spiro atoms. The van der Waals surface area contributed by atoms with Crippen LogP contribution in [-0.2, 0) is 22.6 Å². The molecule has 0 atom stereocenters. The maximum absolute atomic E-state index is 12.8. The van der Waals surface area contributed by atoms with Crippen molar-refractivity contribution in [2.75, 3.05) is 45.9 Å². The molecule has 29 heavy (non-hydrogen) atoms. The second-order valence-corrected chi connectivity index (χ2v) is 8.15. The first-order valence-corrected chi connectivity index (χ1v) is 10.9. The van der Waals surface area contributed by atoms with Gasteiger partial charge in [-0.25, -0.2) is 4.79 Å². The van der Waals surface area contributed by atoms with Gasteiger partial charge in [0.15, 0.2) is 0 Å². The Morgan fingerprint density at radius 3 is 2.34 bits per heavy atom. The minimum Gasteiger partial charge on any atom is -0.379 e. The predicted molar refractivity (Wildman–Crippen MR) is 113 cm³/mol. The molecule has 7 nitrogen and oxygen atoms in total. The maximum Gasteiger partial charge on any atom is 0.329 e. The molecule has 1 amide bonds. The summed E-state index contributed by atoms with van der Waals surface area (Å²) in [4.78, 5) is 30.0. The molecule has 0 aliphatic carbocycles. The third kappa shape index (κ3) is 4.41. The van der Waals surface area contributed by atoms with E-state index in [4.69, 9.17) is 4.74 Å². The molecule has 0 bridgehead atoms. The molecule has 1 aromatic carbocycles. The second-order valence-electron chi connectivity index (χ2n) is 8.15. The number of benzene rings is 1. The van der Waals surface area contributed by atoms with Crippen LogP contribution in [0.15, 0.2) is 29.1 Å². The van der Waals surface area contributed by atoms with Gasteiger partial charge in [0.1, 0.15) is 0 Å². The number of nitrogens with zero attached hydrogens (tertiary/aromatic N) is 4. The van der Waals surface area contributed by atoms with E-state index in [0.717, 1.165) is 69.8 Å². The fraction of sp³-hybridized carbons (Fsp3) is 0.636. The molecule has 2 aliphatic rings. The summed E-state index contributed by atoms with van der Waals surface area (Å²) >= 11 is 0. The van der Waals surface area contributed by atoms with Crippen molar-refractivity contribution in [3.05, 3.63) is 34.7 Å². The standard InChI is InChI=1S/C22H32N4O3/c1-2-25-19-5-3-4-6-20(19)26(22(25)28)12-9-21(27)24-10-7-18(8-11-24)17-23-13-15-29-16-14-23/h3-6,18H,2,7-17H2,1H3. The Hall–Kier alpha value is -2.12. The van der Waals surface area contributed by atoms with Gasteiger partial charge in [-0.15, -0.1) is 0 Å². The number of carbonyl (C=O) groups excluding carboxylic acids is 1. The Labute approximate surface area is 171 Å². The molecule has 0 saturated carbocycles. The molecule has 4 rings (SSSR count). The topological polar surface area (TPSA) is 59.7 Å². The van der Waals surface area contributed by atoms with E-state index in [1.807, 2.05) is 36.1 Å². The van der Waals surface area contributed by atoms with Crippen LogP contribution in [0.4, 0.5) is 0 Å². The van der Waals surface area contributed by atoms with E-state index < -0.39 is 0 Å². The van der Waals surface area contributed by atoms with E-state index in [-0.39, 0.29) is 11.6 Å². The van der Waals surface area contributed by atoms with Gasteiger partial charge < -0.3 is 9.64 Å². The van der Waals surface area contributed by atoms with Crippen molar-refractivity contribution in [3.8, 4) is 0 Å². The van der Waals surface area contributed by atoms with Crippen LogP contribution in [-0.4, -0.2) is 70.8 Å². The lowest BCUT2D eigenvalue weighted by Gasteiger charge is -2.36. The molecule has 7 heteroatoms. The zero-order chi connectivity index (χ0) is 20.2. The Kier molecular flexibility index (Phi) is 6.35. The number of hydrogen-bond donors (Lipinski definition) is 0. The minimum atomic E-state index is -0.0225. The number of para-hydroxylation sites is 2. The fourth-order valence-corrected chi connectivity index (χ4v) is 4.67. The van der Waals surface area contributed by atoms with Crippen molar-refractivity contribution in [2.24, 2.45) is 5.92 Å². The number of aromatic nitrogens is 2. The molecule has 2 fully saturated rings. The maximum atomic E-state index is 12.8. The summed E-state index contributed by atoms with van der Waals surface area (Å²) in [6, 6.07) is 7.83. The van der Waals surface area contributed by atoms with Gasteiger partial charge in [0.05, 0.1) is 24.2 Å². The summed E-state index contributed by atoms with van der Waals surface area (Å²) in [5.41, 5.74) is 1.83. The molecule has 158 valence electrons. The van der Waals surface area contributed by atoms with Crippen molar-refractivity contribution >= 4 is 16.9 Å². The van der Waals surface area contributed by atoms with Crippen LogP contribution < -0.4 is 5.69 Å². The molecule has 2 aliphatic heterocycles. The van der Waals surface area contributed by atoms with Crippen molar-refractivity contribution in [1.29, 1.82) is 0 Å². The second kappa shape index (κ2) is 9.13. The number of fused-ring (bicyclic) bond motifs is 1. The lowest BCUT2D eigenvalue weighted by molar-refractivity contribution is -0.132. The molecular weight excluding hydrogens is 368 g/mol. The van der Waals surface area contributed by atoms with Gasteiger partial charge in [-0.3, -0.25) is 18.8 Å². The molecule has 0 radical (unpaired) electrons. The molecule has 2 aromatic rings. The molecule has 1 aromatic heterocycles. The molecule has 0 N–H and O–H groups in total. The number of piperidine rings is 1. The average molecular weight is 401 g/mol. The van der Waals surface area contributed by atoms with E-state index >= 15 is 0 Å². The van der Waals surface area contributed by atoms with E-state index in [2.05, 4.69) is 4.90 Å². The average Bonchev–Trinajstić information content (AvgIpc) is 3.03. The number of aryl methyl sites for hydroxylation is 2. The van der Waals surface area contributed by atoms with Crippen molar-refractivity contribution in [2.45, 2.75) is 39.3 Å². The molecule has 2 saturated heterocycles. The quantitative estimate of drug-likeness (QED) is 0.742. The summed E-state index contributed by atoms with van der Waals surface area (Å²) in [7, 11) is 0. The number of imidazole rings is 1. The molecule has 3 heterocycles. The van der Waals surface area contributed by atoms with Crippen LogP contribution in [0.2, 0.25) is 0 Å². The van der Waals surface area contributed by atoms with E-state index in [1.165, 1.54) is 0 Å². The Morgan fingerprint density at radius 2 is 1.69 bits per heavy atom. The van der Waals surface area contributed by atoms with Crippen LogP contribution in [0.1, 0.15) is 26.2 Å². The molecule has 0 unspecified atom stereocenters. The highest BCUT2D eigenvalue weighted by Gasteiger charge is 2.25. The van der Waals surface area contributed by atoms with Crippen molar-refractivity contribution in [1.82, 2.24) is 18.9 Å². The van der Waals surface area contributed by atoms with Crippen LogP contribution >= 0.6 is 0 Å². The zero-order valence-corrected chi connectivity index (χ0v) is 17.4. The fourth-order valence-electron chi connectivity index (χ4n) is 4.67. The SMILES string of the molecule is CCn1c(=O)n(CCC(=O)N2CCC(CN3CCOCC3)CC2)c2ccccc21. The highest BCUT2D eigenvalue weighted by Crippen LogP contribution is 2.20. The number of carbonyl (C=O) groups is 1. The van der Waals surface area contributed by atoms with Gasteiger partial charge in [-0.05, 0) is 37.8 Å². The number of amides is 1. The minimum absolute atomic E-state index is 0.0225. The first-order chi connectivity index (χ1) is 14.2. The number of hydrogen-bond acceptors (Lipinski definition) is 4. The first kappa shape index (κ1) is 20.2. The predicted octanol–water partition coefficient (Wildman–Crippen LogP) is 1.78. The lowest BCUT2D eigenvalue weighted by Crippen LogP contribution is -2.44. The summed E-state index contributed by atoms with van der Waals surface area (Å²) in [6.45, 7) is 9.57. The largest absolute Gasteiger partial charge is 0.379 e. The number of rotatable bonds is 6. The number of morpholine rings is 1. The third-order valence-corrected chi connectivity index (χ3v) is 6.38. The highest BCUT2D eigenvalue weighted by molar-refractivity contribution is 5.78. The summed E-state index contributed by atoms with van der Waals surface area (Å²) < 4.78 is 8.95. The number of likely N-dealkylation sites (tertiary alicyclic amines) is 1. The Balaban J connectivity index is 1.31. The number of ether oxygens (including phenoxy) is 1. The van der Waals surface area contributed by atoms with Crippen LogP contribution in [0, 0.1) is 5.92 Å². The van der Waals surface area contributed by atoms with Gasteiger partial charge in [0.2, 0.25) is 5.91 Å². The van der Waals surface area contributed by atoms with Gasteiger partial charge in [0, 0.05) is 52.2 Å². The monoisotopic (exact) mass is 400 g/mol. The van der Waals surface area contributed by atoms with Gasteiger partial charge in [-0.2, -0.15) is 0 Å². The lowest BCUT2D eigenvalue weighted by atomic mass is 9.96. The van der Waals surface area contributed by atoms with E-state index in [0.29, 0.717) is 25.4 Å². The van der Waals surface area contributed by atoms with Gasteiger partial charge in [-0.1, -0.05) is 12.1 Å². The molecular formula is C22H32N4O3. The zero-order valence-electron chi connectivity index (χ0n) is 17.4. The van der Waals surface area contributed by atoms with Crippen LogP contribution in [0.3, 0.4) is 0 Å². The Morgan fingerprint density at radius 1 is 1.03 bits per heavy atom.